The van der Waals surface area contributed by atoms with Crippen LogP contribution in [0.15, 0.2) is 30.3 Å². The van der Waals surface area contributed by atoms with Crippen molar-refractivity contribution in [3.05, 3.63) is 35.9 Å². The number of hydrogen-bond acceptors (Lipinski definition) is 2. The molecule has 2 nitrogen and oxygen atoms in total. The van der Waals surface area contributed by atoms with E-state index in [1.807, 2.05) is 37.3 Å². The first-order valence-corrected chi connectivity index (χ1v) is 7.69. The Morgan fingerprint density at radius 3 is 2.68 bits per heavy atom. The number of fused-ring (bicyclic) bond motifs is 1. The first kappa shape index (κ1) is 13.1. The Bertz CT molecular complexity index is 415. The summed E-state index contributed by atoms with van der Waals surface area (Å²) < 4.78 is 0. The van der Waals surface area contributed by atoms with Crippen molar-refractivity contribution < 1.29 is 5.11 Å². The number of rotatable bonds is 3. The van der Waals surface area contributed by atoms with Crippen molar-refractivity contribution in [1.82, 2.24) is 4.90 Å². The van der Waals surface area contributed by atoms with Crippen molar-refractivity contribution in [3.8, 4) is 0 Å². The van der Waals surface area contributed by atoms with Gasteiger partial charge in [-0.2, -0.15) is 0 Å². The molecule has 3 unspecified atom stereocenters. The lowest BCUT2D eigenvalue weighted by Crippen LogP contribution is -2.43. The molecule has 0 spiro atoms. The summed E-state index contributed by atoms with van der Waals surface area (Å²) in [5.41, 5.74) is 0.308. The van der Waals surface area contributed by atoms with Crippen molar-refractivity contribution in [2.75, 3.05) is 13.1 Å². The van der Waals surface area contributed by atoms with Crippen LogP contribution in [-0.4, -0.2) is 29.1 Å². The Morgan fingerprint density at radius 1 is 1.16 bits per heavy atom. The summed E-state index contributed by atoms with van der Waals surface area (Å²) in [5.74, 6) is 0.889. The summed E-state index contributed by atoms with van der Waals surface area (Å²) in [6, 6.07) is 10.8. The van der Waals surface area contributed by atoms with Crippen LogP contribution in [0.1, 0.15) is 44.6 Å². The molecule has 1 N–H and O–H groups in total. The van der Waals surface area contributed by atoms with Gasteiger partial charge in [0.15, 0.2) is 0 Å². The first-order chi connectivity index (χ1) is 9.17. The zero-order valence-electron chi connectivity index (χ0n) is 11.9. The van der Waals surface area contributed by atoms with E-state index in [4.69, 9.17) is 0 Å². The van der Waals surface area contributed by atoms with Crippen LogP contribution < -0.4 is 0 Å². The minimum absolute atomic E-state index is 0.726. The summed E-state index contributed by atoms with van der Waals surface area (Å²) in [4.78, 5) is 2.54. The van der Waals surface area contributed by atoms with E-state index in [1.54, 1.807) is 0 Å². The standard InChI is InChI=1S/C17H25NO/c1-17(19,15-8-3-2-4-9-15)13-18-12-11-14-7-5-6-10-16(14)18/h2-4,8-9,14,16,19H,5-7,10-13H2,1H3. The maximum absolute atomic E-state index is 10.8. The Kier molecular flexibility index (Phi) is 3.64. The van der Waals surface area contributed by atoms with E-state index in [-0.39, 0.29) is 0 Å². The van der Waals surface area contributed by atoms with Crippen LogP contribution in [0.25, 0.3) is 0 Å². The highest BCUT2D eigenvalue weighted by molar-refractivity contribution is 5.22. The third-order valence-electron chi connectivity index (χ3n) is 5.03. The summed E-state index contributed by atoms with van der Waals surface area (Å²) >= 11 is 0. The lowest BCUT2D eigenvalue weighted by atomic mass is 9.85. The molecule has 104 valence electrons. The normalized spacial score (nSPS) is 30.8. The van der Waals surface area contributed by atoms with Gasteiger partial charge in [0.25, 0.3) is 0 Å². The largest absolute Gasteiger partial charge is 0.384 e. The highest BCUT2D eigenvalue weighted by atomic mass is 16.3. The SMILES string of the molecule is CC(O)(CN1CCC2CCCCC21)c1ccccc1. The van der Waals surface area contributed by atoms with Crippen molar-refractivity contribution in [2.24, 2.45) is 5.92 Å². The average Bonchev–Trinajstić information content (AvgIpc) is 2.83. The third-order valence-corrected chi connectivity index (χ3v) is 5.03. The minimum Gasteiger partial charge on any atom is -0.384 e. The molecule has 19 heavy (non-hydrogen) atoms. The van der Waals surface area contributed by atoms with Crippen molar-refractivity contribution >= 4 is 0 Å². The topological polar surface area (TPSA) is 23.5 Å². The Balaban J connectivity index is 1.71. The molecule has 1 saturated carbocycles. The van der Waals surface area contributed by atoms with E-state index >= 15 is 0 Å². The molecule has 0 radical (unpaired) electrons. The molecule has 1 aliphatic heterocycles. The molecule has 1 heterocycles. The molecular formula is C17H25NO. The molecule has 3 atom stereocenters. The molecule has 0 bridgehead atoms. The third kappa shape index (κ3) is 2.70. The first-order valence-electron chi connectivity index (χ1n) is 7.69. The van der Waals surface area contributed by atoms with Crippen LogP contribution in [-0.2, 0) is 5.60 Å². The van der Waals surface area contributed by atoms with Crippen LogP contribution in [0.5, 0.6) is 0 Å². The fraction of sp³-hybridized carbons (Fsp3) is 0.647. The van der Waals surface area contributed by atoms with Crippen LogP contribution in [0, 0.1) is 5.92 Å². The number of likely N-dealkylation sites (tertiary alicyclic amines) is 1. The number of β-amino-alcohol motifs (C(OH)–C–C–N with tert-alkyl or cyclic N) is 1. The van der Waals surface area contributed by atoms with E-state index in [2.05, 4.69) is 4.90 Å². The highest BCUT2D eigenvalue weighted by Gasteiger charge is 2.38. The monoisotopic (exact) mass is 259 g/mol. The molecule has 2 heteroatoms. The van der Waals surface area contributed by atoms with Gasteiger partial charge in [-0.25, -0.2) is 0 Å². The second-order valence-corrected chi connectivity index (χ2v) is 6.51. The average molecular weight is 259 g/mol. The summed E-state index contributed by atoms with van der Waals surface area (Å²) in [5, 5.41) is 10.8. The van der Waals surface area contributed by atoms with Crippen molar-refractivity contribution in [3.63, 3.8) is 0 Å². The van der Waals surface area contributed by atoms with Gasteiger partial charge in [0.1, 0.15) is 0 Å². The molecule has 0 amide bonds. The second kappa shape index (κ2) is 5.26. The zero-order chi connectivity index (χ0) is 13.3. The highest BCUT2D eigenvalue weighted by Crippen LogP contribution is 2.37. The zero-order valence-corrected chi connectivity index (χ0v) is 11.9. The quantitative estimate of drug-likeness (QED) is 0.901. The van der Waals surface area contributed by atoms with Gasteiger partial charge >= 0.3 is 0 Å². The maximum Gasteiger partial charge on any atom is 0.0994 e. The number of benzene rings is 1. The van der Waals surface area contributed by atoms with Crippen molar-refractivity contribution in [2.45, 2.75) is 50.7 Å². The van der Waals surface area contributed by atoms with Crippen LogP contribution in [0.2, 0.25) is 0 Å². The van der Waals surface area contributed by atoms with E-state index in [0.29, 0.717) is 0 Å². The maximum atomic E-state index is 10.8. The van der Waals surface area contributed by atoms with Crippen LogP contribution >= 0.6 is 0 Å². The lowest BCUT2D eigenvalue weighted by molar-refractivity contribution is 0.00540. The van der Waals surface area contributed by atoms with Gasteiger partial charge in [0.05, 0.1) is 5.60 Å². The fourth-order valence-corrected chi connectivity index (χ4v) is 3.98. The van der Waals surface area contributed by atoms with Crippen LogP contribution in [0.3, 0.4) is 0 Å². The molecule has 1 saturated heterocycles. The number of nitrogens with zero attached hydrogens (tertiary/aromatic N) is 1. The Morgan fingerprint density at radius 2 is 1.89 bits per heavy atom. The molecule has 2 aliphatic rings. The molecule has 1 aromatic carbocycles. The van der Waals surface area contributed by atoms with Gasteiger partial charge in [0.2, 0.25) is 0 Å². The Labute approximate surface area is 116 Å². The van der Waals surface area contributed by atoms with Gasteiger partial charge in [0, 0.05) is 12.6 Å². The lowest BCUT2D eigenvalue weighted by Gasteiger charge is -2.36. The van der Waals surface area contributed by atoms with Gasteiger partial charge in [-0.05, 0) is 44.2 Å². The second-order valence-electron chi connectivity index (χ2n) is 6.51. The minimum atomic E-state index is -0.729. The van der Waals surface area contributed by atoms with E-state index in [0.717, 1.165) is 30.6 Å². The molecule has 0 aromatic heterocycles. The smallest absolute Gasteiger partial charge is 0.0994 e. The molecule has 2 fully saturated rings. The van der Waals surface area contributed by atoms with Crippen LogP contribution in [0.4, 0.5) is 0 Å². The van der Waals surface area contributed by atoms with E-state index in [1.165, 1.54) is 32.1 Å². The van der Waals surface area contributed by atoms with E-state index in [9.17, 15) is 5.11 Å². The van der Waals surface area contributed by atoms with Gasteiger partial charge in [-0.3, -0.25) is 4.90 Å². The molecule has 3 rings (SSSR count). The Hall–Kier alpha value is -0.860. The van der Waals surface area contributed by atoms with Gasteiger partial charge in [-0.15, -0.1) is 0 Å². The number of hydrogen-bond donors (Lipinski definition) is 1. The molecule has 1 aromatic rings. The summed E-state index contributed by atoms with van der Waals surface area (Å²) in [6.45, 7) is 3.90. The summed E-state index contributed by atoms with van der Waals surface area (Å²) in [6.07, 6.45) is 6.83. The predicted molar refractivity (Wildman–Crippen MR) is 77.9 cm³/mol. The molecular weight excluding hydrogens is 234 g/mol. The molecule has 1 aliphatic carbocycles. The summed E-state index contributed by atoms with van der Waals surface area (Å²) in [7, 11) is 0. The fourth-order valence-electron chi connectivity index (χ4n) is 3.98. The number of aliphatic hydroxyl groups is 1. The van der Waals surface area contributed by atoms with Gasteiger partial charge in [-0.1, -0.05) is 43.2 Å². The van der Waals surface area contributed by atoms with Gasteiger partial charge < -0.3 is 5.11 Å². The van der Waals surface area contributed by atoms with E-state index < -0.39 is 5.60 Å². The van der Waals surface area contributed by atoms with Crippen molar-refractivity contribution in [1.29, 1.82) is 0 Å². The predicted octanol–water partition coefficient (Wildman–Crippen LogP) is 3.16.